The van der Waals surface area contributed by atoms with Crippen molar-refractivity contribution >= 4 is 28.7 Å². The fraction of sp³-hybridized carbons (Fsp3) is 0.548. The van der Waals surface area contributed by atoms with Crippen molar-refractivity contribution in [3.05, 3.63) is 58.9 Å². The van der Waals surface area contributed by atoms with Gasteiger partial charge in [-0.2, -0.15) is 0 Å². The molecule has 0 atom stereocenters. The Bertz CT molecular complexity index is 1230. The van der Waals surface area contributed by atoms with Crippen molar-refractivity contribution in [1.29, 1.82) is 0 Å². The van der Waals surface area contributed by atoms with Crippen molar-refractivity contribution < 1.29 is 14.3 Å². The highest BCUT2D eigenvalue weighted by atomic mass is 35.5. The zero-order chi connectivity index (χ0) is 27.5. The Morgan fingerprint density at radius 3 is 2.34 bits per heavy atom. The lowest BCUT2D eigenvalue weighted by molar-refractivity contribution is 0.0180. The van der Waals surface area contributed by atoms with Crippen LogP contribution < -0.4 is 4.74 Å². The van der Waals surface area contributed by atoms with Crippen molar-refractivity contribution in [1.82, 2.24) is 14.5 Å². The number of carbonyl (C=O) groups is 1. The van der Waals surface area contributed by atoms with Gasteiger partial charge in [-0.25, -0.2) is 9.78 Å². The molecule has 4 rings (SSSR count). The number of hydrogen-bond donors (Lipinski definition) is 0. The summed E-state index contributed by atoms with van der Waals surface area (Å²) in [4.78, 5) is 19.3. The number of amides is 1. The first-order valence-electron chi connectivity index (χ1n) is 13.8. The Hall–Kier alpha value is -2.73. The van der Waals surface area contributed by atoms with E-state index in [-0.39, 0.29) is 11.5 Å². The summed E-state index contributed by atoms with van der Waals surface area (Å²) in [5.74, 6) is 2.33. The molecule has 0 saturated carbocycles. The number of likely N-dealkylation sites (tertiary alicyclic amines) is 1. The fourth-order valence-electron chi connectivity index (χ4n) is 5.11. The summed E-state index contributed by atoms with van der Waals surface area (Å²) >= 11 is 6.04. The lowest BCUT2D eigenvalue weighted by atomic mass is 9.86. The molecule has 0 N–H and O–H groups in total. The molecule has 1 aliphatic heterocycles. The van der Waals surface area contributed by atoms with Gasteiger partial charge in [-0.05, 0) is 93.7 Å². The van der Waals surface area contributed by atoms with E-state index in [9.17, 15) is 4.79 Å². The van der Waals surface area contributed by atoms with Crippen molar-refractivity contribution in [2.24, 2.45) is 5.92 Å². The number of fused-ring (bicyclic) bond motifs is 1. The molecule has 0 unspecified atom stereocenters. The maximum absolute atomic E-state index is 12.4. The number of aryl methyl sites for hydroxylation is 1. The molecule has 0 bridgehead atoms. The monoisotopic (exact) mass is 539 g/mol. The summed E-state index contributed by atoms with van der Waals surface area (Å²) in [5.41, 5.74) is 3.00. The van der Waals surface area contributed by atoms with Crippen LogP contribution in [0.15, 0.2) is 42.5 Å². The number of hydrogen-bond acceptors (Lipinski definition) is 4. The van der Waals surface area contributed by atoms with E-state index in [0.717, 1.165) is 67.9 Å². The quantitative estimate of drug-likeness (QED) is 0.305. The maximum Gasteiger partial charge on any atom is 0.410 e. The molecule has 2 aromatic carbocycles. The minimum absolute atomic E-state index is 0.00485. The molecule has 3 aromatic rings. The standard InChI is InChI=1S/C31H42ClN3O3/c1-30(2,3)25-10-7-11-26-28(25)33-27(21-37-24-14-12-23(32)13-15-24)35(26)18-8-9-22-16-19-34(20-17-22)29(36)38-31(4,5)6/h7,10-15,22H,8-9,16-21H2,1-6H3. The summed E-state index contributed by atoms with van der Waals surface area (Å²) in [5, 5.41) is 0.691. The van der Waals surface area contributed by atoms with Gasteiger partial charge in [0.2, 0.25) is 0 Å². The second-order valence-corrected chi connectivity index (χ2v) is 12.8. The van der Waals surface area contributed by atoms with Crippen LogP contribution in [0.5, 0.6) is 5.75 Å². The molecule has 1 amide bonds. The molecule has 1 fully saturated rings. The molecule has 1 aliphatic rings. The largest absolute Gasteiger partial charge is 0.486 e. The molecule has 206 valence electrons. The molecule has 0 aliphatic carbocycles. The summed E-state index contributed by atoms with van der Waals surface area (Å²) in [6, 6.07) is 13.9. The Kier molecular flexibility index (Phi) is 8.61. The second-order valence-electron chi connectivity index (χ2n) is 12.4. The van der Waals surface area contributed by atoms with E-state index < -0.39 is 5.60 Å². The minimum atomic E-state index is -0.455. The molecule has 1 aromatic heterocycles. The summed E-state index contributed by atoms with van der Waals surface area (Å²) in [6.07, 6.45) is 4.02. The molecular weight excluding hydrogens is 498 g/mol. The number of benzene rings is 2. The van der Waals surface area contributed by atoms with Crippen LogP contribution in [0.4, 0.5) is 4.79 Å². The Morgan fingerprint density at radius 1 is 1.03 bits per heavy atom. The van der Waals surface area contributed by atoms with Gasteiger partial charge in [0.1, 0.15) is 23.8 Å². The normalized spacial score (nSPS) is 15.2. The van der Waals surface area contributed by atoms with Gasteiger partial charge in [0, 0.05) is 24.7 Å². The highest BCUT2D eigenvalue weighted by Gasteiger charge is 2.27. The van der Waals surface area contributed by atoms with Crippen LogP contribution in [0, 0.1) is 5.92 Å². The minimum Gasteiger partial charge on any atom is -0.486 e. The molecule has 0 radical (unpaired) electrons. The molecule has 7 heteroatoms. The van der Waals surface area contributed by atoms with Gasteiger partial charge in [0.25, 0.3) is 0 Å². The Labute approximate surface area is 232 Å². The molecular formula is C31H42ClN3O3. The SMILES string of the molecule is CC(C)(C)OC(=O)N1CCC(CCCn2c(COc3ccc(Cl)cc3)nc3c(C(C)(C)C)cccc32)CC1. The number of aromatic nitrogens is 2. The van der Waals surface area contributed by atoms with Crippen LogP contribution in [0.25, 0.3) is 11.0 Å². The van der Waals surface area contributed by atoms with Gasteiger partial charge in [-0.1, -0.05) is 44.5 Å². The molecule has 0 spiro atoms. The van der Waals surface area contributed by atoms with Crippen LogP contribution in [0.2, 0.25) is 5.02 Å². The van der Waals surface area contributed by atoms with Crippen molar-refractivity contribution in [3.8, 4) is 5.75 Å². The van der Waals surface area contributed by atoms with Crippen molar-refractivity contribution in [2.45, 2.75) is 91.4 Å². The third kappa shape index (κ3) is 7.22. The summed E-state index contributed by atoms with van der Waals surface area (Å²) < 4.78 is 14.0. The smallest absolute Gasteiger partial charge is 0.410 e. The number of piperidine rings is 1. The third-order valence-electron chi connectivity index (χ3n) is 7.11. The Balaban J connectivity index is 1.43. The third-order valence-corrected chi connectivity index (χ3v) is 7.36. The fourth-order valence-corrected chi connectivity index (χ4v) is 5.23. The van der Waals surface area contributed by atoms with Crippen LogP contribution >= 0.6 is 11.6 Å². The predicted molar refractivity (Wildman–Crippen MR) is 154 cm³/mol. The number of halogens is 1. The molecule has 1 saturated heterocycles. The van der Waals surface area contributed by atoms with Crippen LogP contribution in [-0.2, 0) is 23.3 Å². The van der Waals surface area contributed by atoms with E-state index in [1.807, 2.05) is 49.9 Å². The Morgan fingerprint density at radius 2 is 1.71 bits per heavy atom. The summed E-state index contributed by atoms with van der Waals surface area (Å²) in [7, 11) is 0. The van der Waals surface area contributed by atoms with Crippen LogP contribution in [0.1, 0.15) is 78.6 Å². The average Bonchev–Trinajstić information content (AvgIpc) is 3.20. The van der Waals surface area contributed by atoms with E-state index in [1.54, 1.807) is 0 Å². The van der Waals surface area contributed by atoms with E-state index in [1.165, 1.54) is 5.56 Å². The lowest BCUT2D eigenvalue weighted by Gasteiger charge is -2.33. The van der Waals surface area contributed by atoms with Gasteiger partial charge in [0.05, 0.1) is 11.0 Å². The van der Waals surface area contributed by atoms with E-state index >= 15 is 0 Å². The van der Waals surface area contributed by atoms with E-state index in [4.69, 9.17) is 26.1 Å². The number of imidazole rings is 1. The molecule has 6 nitrogen and oxygen atoms in total. The van der Waals surface area contributed by atoms with Gasteiger partial charge in [-0.3, -0.25) is 0 Å². The van der Waals surface area contributed by atoms with Gasteiger partial charge in [0.15, 0.2) is 0 Å². The zero-order valence-corrected chi connectivity index (χ0v) is 24.5. The highest BCUT2D eigenvalue weighted by molar-refractivity contribution is 6.30. The van der Waals surface area contributed by atoms with Gasteiger partial charge in [-0.15, -0.1) is 0 Å². The maximum atomic E-state index is 12.4. The van der Waals surface area contributed by atoms with Crippen molar-refractivity contribution in [2.75, 3.05) is 13.1 Å². The average molecular weight is 540 g/mol. The highest BCUT2D eigenvalue weighted by Crippen LogP contribution is 2.31. The van der Waals surface area contributed by atoms with Gasteiger partial charge < -0.3 is 18.9 Å². The lowest BCUT2D eigenvalue weighted by Crippen LogP contribution is -2.41. The zero-order valence-electron chi connectivity index (χ0n) is 23.7. The molecule has 2 heterocycles. The van der Waals surface area contributed by atoms with Gasteiger partial charge >= 0.3 is 6.09 Å². The topological polar surface area (TPSA) is 56.6 Å². The van der Waals surface area contributed by atoms with Crippen LogP contribution in [-0.4, -0.2) is 39.2 Å². The first-order valence-corrected chi connectivity index (χ1v) is 14.1. The molecule has 38 heavy (non-hydrogen) atoms. The first-order chi connectivity index (χ1) is 17.9. The second kappa shape index (κ2) is 11.6. The summed E-state index contributed by atoms with van der Waals surface area (Å²) in [6.45, 7) is 15.2. The number of nitrogens with zero attached hydrogens (tertiary/aromatic N) is 3. The van der Waals surface area contributed by atoms with Crippen LogP contribution in [0.3, 0.4) is 0 Å². The first kappa shape index (κ1) is 28.3. The predicted octanol–water partition coefficient (Wildman–Crippen LogP) is 7.99. The van der Waals surface area contributed by atoms with E-state index in [2.05, 4.69) is 43.5 Å². The number of carbonyl (C=O) groups excluding carboxylic acids is 1. The number of para-hydroxylation sites is 1. The van der Waals surface area contributed by atoms with Crippen molar-refractivity contribution in [3.63, 3.8) is 0 Å². The number of ether oxygens (including phenoxy) is 2. The van der Waals surface area contributed by atoms with E-state index in [0.29, 0.717) is 17.5 Å². The number of rotatable bonds is 7.